The molecule has 0 aliphatic rings. The summed E-state index contributed by atoms with van der Waals surface area (Å²) in [7, 11) is 0. The van der Waals surface area contributed by atoms with E-state index in [-0.39, 0.29) is 18.5 Å². The van der Waals surface area contributed by atoms with Crippen molar-refractivity contribution >= 4 is 5.97 Å². The molecule has 0 heterocycles. The van der Waals surface area contributed by atoms with Crippen molar-refractivity contribution in [1.82, 2.24) is 0 Å². The van der Waals surface area contributed by atoms with Crippen molar-refractivity contribution in [1.29, 1.82) is 0 Å². The van der Waals surface area contributed by atoms with E-state index in [1.165, 1.54) is 0 Å². The quantitative estimate of drug-likeness (QED) is 0.615. The normalized spacial score (nSPS) is 12.2. The first kappa shape index (κ1) is 12.7. The second-order valence-electron chi connectivity index (χ2n) is 3.81. The van der Waals surface area contributed by atoms with Crippen LogP contribution in [0.15, 0.2) is 24.3 Å². The molecule has 0 radical (unpaired) electrons. The third-order valence-corrected chi connectivity index (χ3v) is 2.51. The zero-order valence-electron chi connectivity index (χ0n) is 9.77. The molecule has 0 aromatic heterocycles. The predicted molar refractivity (Wildman–Crippen MR) is 62.5 cm³/mol. The number of hydrogen-bond acceptors (Lipinski definition) is 3. The molecule has 88 valence electrons. The molecule has 16 heavy (non-hydrogen) atoms. The number of carbonyl (C=O) groups excluding carboxylic acids is 1. The van der Waals surface area contributed by atoms with E-state index in [0.717, 1.165) is 5.56 Å². The standard InChI is InChI=1S/C13H18O3/c1-3-13(15)16-12-6-4-5-11(9-12)10(2)7-8-14/h4-6,9-10,14H,3,7-8H2,1-2H3. The molecule has 0 fully saturated rings. The molecular weight excluding hydrogens is 204 g/mol. The minimum Gasteiger partial charge on any atom is -0.427 e. The molecular formula is C13H18O3. The Hall–Kier alpha value is -1.35. The highest BCUT2D eigenvalue weighted by Crippen LogP contribution is 2.23. The van der Waals surface area contributed by atoms with Crippen molar-refractivity contribution in [2.24, 2.45) is 0 Å². The van der Waals surface area contributed by atoms with Gasteiger partial charge in [0.15, 0.2) is 0 Å². The Labute approximate surface area is 96.1 Å². The Morgan fingerprint density at radius 1 is 1.50 bits per heavy atom. The van der Waals surface area contributed by atoms with Crippen LogP contribution >= 0.6 is 0 Å². The summed E-state index contributed by atoms with van der Waals surface area (Å²) in [5.74, 6) is 0.617. The minimum absolute atomic E-state index is 0.167. The third-order valence-electron chi connectivity index (χ3n) is 2.51. The summed E-state index contributed by atoms with van der Waals surface area (Å²) in [6, 6.07) is 7.46. The fraction of sp³-hybridized carbons (Fsp3) is 0.462. The number of esters is 1. The number of rotatable bonds is 5. The molecule has 0 aliphatic carbocycles. The van der Waals surface area contributed by atoms with Gasteiger partial charge in [0.25, 0.3) is 0 Å². The van der Waals surface area contributed by atoms with E-state index in [1.54, 1.807) is 13.0 Å². The highest BCUT2D eigenvalue weighted by Gasteiger charge is 2.07. The SMILES string of the molecule is CCC(=O)Oc1cccc(C(C)CCO)c1. The molecule has 0 saturated carbocycles. The minimum atomic E-state index is -0.230. The van der Waals surface area contributed by atoms with Gasteiger partial charge in [-0.2, -0.15) is 0 Å². The second-order valence-corrected chi connectivity index (χ2v) is 3.81. The largest absolute Gasteiger partial charge is 0.427 e. The number of hydrogen-bond donors (Lipinski definition) is 1. The topological polar surface area (TPSA) is 46.5 Å². The molecule has 3 heteroatoms. The van der Waals surface area contributed by atoms with Crippen molar-refractivity contribution in [3.8, 4) is 5.75 Å². The number of aliphatic hydroxyl groups excluding tert-OH is 1. The van der Waals surface area contributed by atoms with Gasteiger partial charge in [-0.15, -0.1) is 0 Å². The summed E-state index contributed by atoms with van der Waals surface area (Å²) in [4.78, 5) is 11.1. The van der Waals surface area contributed by atoms with Crippen LogP contribution in [0.1, 0.15) is 38.2 Å². The molecule has 0 aliphatic heterocycles. The highest BCUT2D eigenvalue weighted by atomic mass is 16.5. The van der Waals surface area contributed by atoms with E-state index in [0.29, 0.717) is 18.6 Å². The van der Waals surface area contributed by atoms with E-state index in [1.807, 2.05) is 25.1 Å². The summed E-state index contributed by atoms with van der Waals surface area (Å²) in [6.07, 6.45) is 1.08. The van der Waals surface area contributed by atoms with Crippen LogP contribution in [0.25, 0.3) is 0 Å². The van der Waals surface area contributed by atoms with E-state index >= 15 is 0 Å². The van der Waals surface area contributed by atoms with E-state index in [2.05, 4.69) is 0 Å². The second kappa shape index (κ2) is 6.28. The van der Waals surface area contributed by atoms with Crippen LogP contribution in [-0.2, 0) is 4.79 Å². The fourth-order valence-corrected chi connectivity index (χ4v) is 1.45. The summed E-state index contributed by atoms with van der Waals surface area (Å²) in [5.41, 5.74) is 1.08. The lowest BCUT2D eigenvalue weighted by Gasteiger charge is -2.11. The van der Waals surface area contributed by atoms with E-state index in [4.69, 9.17) is 9.84 Å². The lowest BCUT2D eigenvalue weighted by atomic mass is 9.98. The molecule has 0 bridgehead atoms. The summed E-state index contributed by atoms with van der Waals surface area (Å²) in [6.45, 7) is 3.97. The van der Waals surface area contributed by atoms with Crippen LogP contribution in [0.2, 0.25) is 0 Å². The number of aliphatic hydroxyl groups is 1. The molecule has 0 saturated heterocycles. The third kappa shape index (κ3) is 3.66. The maximum Gasteiger partial charge on any atom is 0.310 e. The molecule has 1 N–H and O–H groups in total. The van der Waals surface area contributed by atoms with Gasteiger partial charge in [-0.25, -0.2) is 0 Å². The zero-order valence-corrected chi connectivity index (χ0v) is 9.77. The van der Waals surface area contributed by atoms with E-state index < -0.39 is 0 Å². The van der Waals surface area contributed by atoms with Crippen molar-refractivity contribution in [3.05, 3.63) is 29.8 Å². The Morgan fingerprint density at radius 2 is 2.25 bits per heavy atom. The Kier molecular flexibility index (Phi) is 4.99. The number of ether oxygens (including phenoxy) is 1. The first-order valence-corrected chi connectivity index (χ1v) is 5.58. The van der Waals surface area contributed by atoms with Gasteiger partial charge >= 0.3 is 5.97 Å². The summed E-state index contributed by atoms with van der Waals surface area (Å²) >= 11 is 0. The monoisotopic (exact) mass is 222 g/mol. The fourth-order valence-electron chi connectivity index (χ4n) is 1.45. The molecule has 1 atom stereocenters. The van der Waals surface area contributed by atoms with Gasteiger partial charge in [0.05, 0.1) is 0 Å². The van der Waals surface area contributed by atoms with Crippen LogP contribution in [0.4, 0.5) is 0 Å². The molecule has 1 rings (SSSR count). The summed E-state index contributed by atoms with van der Waals surface area (Å²) < 4.78 is 5.13. The van der Waals surface area contributed by atoms with Crippen LogP contribution in [0, 0.1) is 0 Å². The maximum atomic E-state index is 11.1. The van der Waals surface area contributed by atoms with Gasteiger partial charge in [0.1, 0.15) is 5.75 Å². The lowest BCUT2D eigenvalue weighted by molar-refractivity contribution is -0.134. The van der Waals surface area contributed by atoms with E-state index in [9.17, 15) is 4.79 Å². The number of carbonyl (C=O) groups is 1. The maximum absolute atomic E-state index is 11.1. The van der Waals surface area contributed by atoms with Crippen molar-refractivity contribution in [2.45, 2.75) is 32.6 Å². The first-order chi connectivity index (χ1) is 7.67. The van der Waals surface area contributed by atoms with Crippen molar-refractivity contribution < 1.29 is 14.6 Å². The van der Waals surface area contributed by atoms with Crippen LogP contribution < -0.4 is 4.74 Å². The Morgan fingerprint density at radius 3 is 2.88 bits per heavy atom. The number of benzene rings is 1. The molecule has 1 aromatic rings. The van der Waals surface area contributed by atoms with Gasteiger partial charge in [-0.3, -0.25) is 4.79 Å². The van der Waals surface area contributed by atoms with Crippen LogP contribution in [-0.4, -0.2) is 17.7 Å². The molecule has 0 amide bonds. The molecule has 1 aromatic carbocycles. The van der Waals surface area contributed by atoms with Crippen LogP contribution in [0.5, 0.6) is 5.75 Å². The van der Waals surface area contributed by atoms with Gasteiger partial charge in [-0.1, -0.05) is 26.0 Å². The van der Waals surface area contributed by atoms with Gasteiger partial charge in [0, 0.05) is 13.0 Å². The van der Waals surface area contributed by atoms with Gasteiger partial charge in [0.2, 0.25) is 0 Å². The molecule has 0 spiro atoms. The average Bonchev–Trinajstić information content (AvgIpc) is 2.29. The highest BCUT2D eigenvalue weighted by molar-refractivity contribution is 5.71. The average molecular weight is 222 g/mol. The smallest absolute Gasteiger partial charge is 0.310 e. The Bertz CT molecular complexity index is 347. The van der Waals surface area contributed by atoms with Crippen LogP contribution in [0.3, 0.4) is 0 Å². The van der Waals surface area contributed by atoms with Crippen molar-refractivity contribution in [3.63, 3.8) is 0 Å². The summed E-state index contributed by atoms with van der Waals surface area (Å²) in [5, 5.41) is 8.87. The lowest BCUT2D eigenvalue weighted by Crippen LogP contribution is -2.06. The van der Waals surface area contributed by atoms with Gasteiger partial charge in [-0.05, 0) is 30.0 Å². The Balaban J connectivity index is 2.74. The van der Waals surface area contributed by atoms with Crippen molar-refractivity contribution in [2.75, 3.05) is 6.61 Å². The zero-order chi connectivity index (χ0) is 12.0. The first-order valence-electron chi connectivity index (χ1n) is 5.58. The molecule has 1 unspecified atom stereocenters. The predicted octanol–water partition coefficient (Wildman–Crippen LogP) is 2.49. The van der Waals surface area contributed by atoms with Gasteiger partial charge < -0.3 is 9.84 Å². The molecule has 3 nitrogen and oxygen atoms in total.